The third-order valence-corrected chi connectivity index (χ3v) is 4.85. The number of nitrogens with one attached hydrogen (secondary N) is 1. The summed E-state index contributed by atoms with van der Waals surface area (Å²) in [7, 11) is 0. The lowest BCUT2D eigenvalue weighted by atomic mass is 10.1. The number of anilines is 1. The maximum absolute atomic E-state index is 5.77. The average molecular weight is 375 g/mol. The molecule has 0 bridgehead atoms. The molecule has 0 aliphatic carbocycles. The fraction of sp³-hybridized carbons (Fsp3) is 0.208. The summed E-state index contributed by atoms with van der Waals surface area (Å²) in [6, 6.07) is 27.5. The van der Waals surface area contributed by atoms with Gasteiger partial charge in [-0.05, 0) is 66.9 Å². The molecule has 3 heteroatoms. The lowest BCUT2D eigenvalue weighted by Gasteiger charge is -2.26. The van der Waals surface area contributed by atoms with Gasteiger partial charge in [0.25, 0.3) is 0 Å². The Bertz CT molecular complexity index is 855. The Morgan fingerprint density at radius 3 is 1.96 bits per heavy atom. The van der Waals surface area contributed by atoms with Gasteiger partial charge in [0.15, 0.2) is 5.11 Å². The lowest BCUT2D eigenvalue weighted by Crippen LogP contribution is -2.35. The van der Waals surface area contributed by atoms with Crippen molar-refractivity contribution in [3.8, 4) is 0 Å². The minimum Gasteiger partial charge on any atom is -0.344 e. The normalized spacial score (nSPS) is 10.4. The molecule has 0 fully saturated rings. The molecule has 0 spiro atoms. The van der Waals surface area contributed by atoms with Crippen LogP contribution in [0.5, 0.6) is 0 Å². The highest BCUT2D eigenvalue weighted by Crippen LogP contribution is 2.16. The van der Waals surface area contributed by atoms with Gasteiger partial charge in [0, 0.05) is 18.8 Å². The van der Waals surface area contributed by atoms with Crippen molar-refractivity contribution < 1.29 is 0 Å². The second kappa shape index (κ2) is 9.33. The van der Waals surface area contributed by atoms with Gasteiger partial charge >= 0.3 is 0 Å². The first-order valence-electron chi connectivity index (χ1n) is 9.32. The van der Waals surface area contributed by atoms with Gasteiger partial charge in [0.2, 0.25) is 0 Å². The summed E-state index contributed by atoms with van der Waals surface area (Å²) in [6.07, 6.45) is 0.961. The zero-order valence-electron chi connectivity index (χ0n) is 16.0. The van der Waals surface area contributed by atoms with Gasteiger partial charge < -0.3 is 10.2 Å². The van der Waals surface area contributed by atoms with Crippen LogP contribution in [0, 0.1) is 13.8 Å². The monoisotopic (exact) mass is 374 g/mol. The Morgan fingerprint density at radius 1 is 0.815 bits per heavy atom. The van der Waals surface area contributed by atoms with Crippen LogP contribution in [-0.2, 0) is 13.0 Å². The van der Waals surface area contributed by atoms with Gasteiger partial charge in [-0.15, -0.1) is 0 Å². The fourth-order valence-corrected chi connectivity index (χ4v) is 3.49. The van der Waals surface area contributed by atoms with Gasteiger partial charge in [0.1, 0.15) is 0 Å². The lowest BCUT2D eigenvalue weighted by molar-refractivity contribution is 0.423. The van der Waals surface area contributed by atoms with E-state index in [1.807, 2.05) is 6.07 Å². The van der Waals surface area contributed by atoms with E-state index in [1.165, 1.54) is 22.3 Å². The van der Waals surface area contributed by atoms with Crippen LogP contribution >= 0.6 is 12.2 Å². The second-order valence-corrected chi connectivity index (χ2v) is 7.34. The Morgan fingerprint density at radius 2 is 1.37 bits per heavy atom. The van der Waals surface area contributed by atoms with Crippen molar-refractivity contribution in [2.75, 3.05) is 11.9 Å². The van der Waals surface area contributed by atoms with Gasteiger partial charge in [-0.25, -0.2) is 0 Å². The molecule has 0 aliphatic rings. The summed E-state index contributed by atoms with van der Waals surface area (Å²) in [5.74, 6) is 0. The van der Waals surface area contributed by atoms with Crippen LogP contribution in [0.15, 0.2) is 78.9 Å². The van der Waals surface area contributed by atoms with Crippen LogP contribution in [0.25, 0.3) is 0 Å². The molecular weight excluding hydrogens is 348 g/mol. The van der Waals surface area contributed by atoms with E-state index >= 15 is 0 Å². The fourth-order valence-electron chi connectivity index (χ4n) is 3.21. The van der Waals surface area contributed by atoms with Crippen molar-refractivity contribution >= 4 is 23.0 Å². The Hall–Kier alpha value is -2.65. The number of nitrogens with zero attached hydrogens (tertiary/aromatic N) is 1. The molecule has 0 aromatic heterocycles. The summed E-state index contributed by atoms with van der Waals surface area (Å²) < 4.78 is 0. The first-order chi connectivity index (χ1) is 13.1. The van der Waals surface area contributed by atoms with Crippen LogP contribution < -0.4 is 5.32 Å². The molecule has 2 nitrogen and oxygen atoms in total. The smallest absolute Gasteiger partial charge is 0.173 e. The Kier molecular flexibility index (Phi) is 6.61. The van der Waals surface area contributed by atoms with E-state index in [4.69, 9.17) is 12.2 Å². The highest BCUT2D eigenvalue weighted by Gasteiger charge is 2.11. The first-order valence-corrected chi connectivity index (χ1v) is 9.73. The molecule has 138 valence electrons. The molecule has 0 aliphatic heterocycles. The summed E-state index contributed by atoms with van der Waals surface area (Å²) in [6.45, 7) is 5.89. The largest absolute Gasteiger partial charge is 0.344 e. The van der Waals surface area contributed by atoms with E-state index in [1.54, 1.807) is 0 Å². The van der Waals surface area contributed by atoms with Crippen molar-refractivity contribution in [3.63, 3.8) is 0 Å². The third kappa shape index (κ3) is 5.93. The summed E-state index contributed by atoms with van der Waals surface area (Å²) in [5.41, 5.74) is 6.11. The average Bonchev–Trinajstić information content (AvgIpc) is 2.66. The van der Waals surface area contributed by atoms with Crippen molar-refractivity contribution in [1.29, 1.82) is 0 Å². The van der Waals surface area contributed by atoms with Crippen LogP contribution in [0.3, 0.4) is 0 Å². The van der Waals surface area contributed by atoms with Crippen molar-refractivity contribution in [3.05, 3.63) is 101 Å². The maximum atomic E-state index is 5.77. The predicted molar refractivity (Wildman–Crippen MR) is 119 cm³/mol. The molecule has 0 radical (unpaired) electrons. The number of thiocarbonyl (C=S) groups is 1. The minimum atomic E-state index is 0.764. The number of hydrogen-bond acceptors (Lipinski definition) is 1. The van der Waals surface area contributed by atoms with Crippen LogP contribution in [0.2, 0.25) is 0 Å². The highest BCUT2D eigenvalue weighted by atomic mass is 32.1. The number of rotatable bonds is 6. The van der Waals surface area contributed by atoms with Crippen molar-refractivity contribution in [1.82, 2.24) is 4.90 Å². The van der Waals surface area contributed by atoms with Gasteiger partial charge in [-0.3, -0.25) is 0 Å². The van der Waals surface area contributed by atoms with Gasteiger partial charge in [-0.1, -0.05) is 66.7 Å². The third-order valence-electron chi connectivity index (χ3n) is 4.49. The molecule has 0 amide bonds. The second-order valence-electron chi connectivity index (χ2n) is 6.95. The predicted octanol–water partition coefficient (Wildman–Crippen LogP) is 5.75. The quantitative estimate of drug-likeness (QED) is 0.554. The zero-order valence-corrected chi connectivity index (χ0v) is 16.8. The number of benzene rings is 3. The highest BCUT2D eigenvalue weighted by molar-refractivity contribution is 7.80. The molecule has 0 saturated heterocycles. The van der Waals surface area contributed by atoms with Crippen LogP contribution in [-0.4, -0.2) is 16.6 Å². The molecule has 3 aromatic carbocycles. The molecule has 27 heavy (non-hydrogen) atoms. The zero-order chi connectivity index (χ0) is 19.1. The van der Waals surface area contributed by atoms with Crippen LogP contribution in [0.4, 0.5) is 5.69 Å². The SMILES string of the molecule is Cc1cc(C)cc(NC(=S)N(CCc2ccccc2)Cc2ccccc2)c1. The van der Waals surface area contributed by atoms with E-state index in [9.17, 15) is 0 Å². The van der Waals surface area contributed by atoms with Crippen molar-refractivity contribution in [2.45, 2.75) is 26.8 Å². The summed E-state index contributed by atoms with van der Waals surface area (Å²) >= 11 is 5.77. The van der Waals surface area contributed by atoms with Gasteiger partial charge in [-0.2, -0.15) is 0 Å². The summed E-state index contributed by atoms with van der Waals surface area (Å²) in [4.78, 5) is 2.25. The molecule has 1 N–H and O–H groups in total. The van der Waals surface area contributed by atoms with E-state index < -0.39 is 0 Å². The van der Waals surface area contributed by atoms with E-state index in [0.717, 1.165) is 30.3 Å². The molecule has 0 atom stereocenters. The Labute approximate surface area is 167 Å². The number of aryl methyl sites for hydroxylation is 2. The topological polar surface area (TPSA) is 15.3 Å². The Balaban J connectivity index is 1.73. The van der Waals surface area contributed by atoms with E-state index in [2.05, 4.69) is 96.9 Å². The van der Waals surface area contributed by atoms with E-state index in [0.29, 0.717) is 0 Å². The molecule has 0 saturated carbocycles. The molecule has 3 rings (SSSR count). The number of hydrogen-bond donors (Lipinski definition) is 1. The maximum Gasteiger partial charge on any atom is 0.173 e. The molecule has 0 unspecified atom stereocenters. The van der Waals surface area contributed by atoms with Gasteiger partial charge in [0.05, 0.1) is 0 Å². The standard InChI is InChI=1S/C24H26N2S/c1-19-15-20(2)17-23(16-19)25-24(27)26(18-22-11-7-4-8-12-22)14-13-21-9-5-3-6-10-21/h3-12,15-17H,13-14,18H2,1-2H3,(H,25,27). The summed E-state index contributed by atoms with van der Waals surface area (Å²) in [5, 5.41) is 4.20. The molecule has 3 aromatic rings. The van der Waals surface area contributed by atoms with Crippen LogP contribution in [0.1, 0.15) is 22.3 Å². The first kappa shape index (κ1) is 19.1. The minimum absolute atomic E-state index is 0.764. The van der Waals surface area contributed by atoms with Crippen molar-refractivity contribution in [2.24, 2.45) is 0 Å². The van der Waals surface area contributed by atoms with E-state index in [-0.39, 0.29) is 0 Å². The molecular formula is C24H26N2S. The molecule has 0 heterocycles.